The minimum Gasteiger partial charge on any atom is -0.493 e. The molecule has 8 nitrogen and oxygen atoms in total. The van der Waals surface area contributed by atoms with E-state index in [1.54, 1.807) is 12.1 Å². The first kappa shape index (κ1) is 22.7. The molecular weight excluding hydrogens is 509 g/mol. The average molecular weight is 529 g/mol. The van der Waals surface area contributed by atoms with Gasteiger partial charge in [-0.05, 0) is 71.6 Å². The minimum atomic E-state index is -0.509. The Labute approximate surface area is 187 Å². The first-order chi connectivity index (χ1) is 13.8. The molecule has 10 heteroatoms. The van der Waals surface area contributed by atoms with Crippen LogP contribution < -0.4 is 30.4 Å². The molecule has 29 heavy (non-hydrogen) atoms. The Balaban J connectivity index is 2.02. The van der Waals surface area contributed by atoms with Gasteiger partial charge in [0.25, 0.3) is 11.8 Å². The summed E-state index contributed by atoms with van der Waals surface area (Å²) in [4.78, 5) is 24.7. The van der Waals surface area contributed by atoms with Gasteiger partial charge in [0.15, 0.2) is 16.6 Å². The van der Waals surface area contributed by atoms with Crippen molar-refractivity contribution in [3.05, 3.63) is 50.6 Å². The molecule has 0 saturated carbocycles. The van der Waals surface area contributed by atoms with E-state index in [9.17, 15) is 9.59 Å². The summed E-state index contributed by atoms with van der Waals surface area (Å²) < 4.78 is 16.6. The Morgan fingerprint density at radius 3 is 2.03 bits per heavy atom. The number of halogens is 1. The third-order valence-corrected chi connectivity index (χ3v) is 5.24. The average Bonchev–Trinajstić information content (AvgIpc) is 2.72. The summed E-state index contributed by atoms with van der Waals surface area (Å²) >= 11 is 7.22. The van der Waals surface area contributed by atoms with E-state index in [0.717, 1.165) is 9.13 Å². The Bertz CT molecular complexity index is 926. The fourth-order valence-corrected chi connectivity index (χ4v) is 3.00. The maximum absolute atomic E-state index is 12.4. The molecule has 0 spiro atoms. The van der Waals surface area contributed by atoms with Crippen LogP contribution in [0.15, 0.2) is 30.3 Å². The normalized spacial score (nSPS) is 9.97. The van der Waals surface area contributed by atoms with Gasteiger partial charge in [-0.3, -0.25) is 25.8 Å². The van der Waals surface area contributed by atoms with Gasteiger partial charge in [-0.25, -0.2) is 0 Å². The summed E-state index contributed by atoms with van der Waals surface area (Å²) in [6.45, 7) is 1.95. The number of nitrogens with one attached hydrogen (secondary N) is 3. The van der Waals surface area contributed by atoms with Gasteiger partial charge in [-0.2, -0.15) is 0 Å². The predicted molar refractivity (Wildman–Crippen MR) is 121 cm³/mol. The van der Waals surface area contributed by atoms with Crippen molar-refractivity contribution in [1.29, 1.82) is 0 Å². The Morgan fingerprint density at radius 1 is 0.897 bits per heavy atom. The van der Waals surface area contributed by atoms with E-state index in [2.05, 4.69) is 38.8 Å². The van der Waals surface area contributed by atoms with E-state index in [0.29, 0.717) is 22.8 Å². The lowest BCUT2D eigenvalue weighted by atomic mass is 10.1. The van der Waals surface area contributed by atoms with Crippen LogP contribution in [0.4, 0.5) is 0 Å². The summed E-state index contributed by atoms with van der Waals surface area (Å²) in [5.74, 6) is 0.145. The molecule has 0 aliphatic heterocycles. The van der Waals surface area contributed by atoms with E-state index >= 15 is 0 Å². The highest BCUT2D eigenvalue weighted by molar-refractivity contribution is 14.1. The summed E-state index contributed by atoms with van der Waals surface area (Å²) in [6.07, 6.45) is 0. The fraction of sp³-hybridized carbons (Fsp3) is 0.211. The van der Waals surface area contributed by atoms with Crippen LogP contribution in [0.1, 0.15) is 26.3 Å². The highest BCUT2D eigenvalue weighted by Crippen LogP contribution is 2.38. The van der Waals surface area contributed by atoms with Crippen LogP contribution in [-0.4, -0.2) is 38.3 Å². The number of hydrazine groups is 1. The highest BCUT2D eigenvalue weighted by atomic mass is 127. The van der Waals surface area contributed by atoms with Gasteiger partial charge in [0.1, 0.15) is 0 Å². The first-order valence-corrected chi connectivity index (χ1v) is 9.77. The highest BCUT2D eigenvalue weighted by Gasteiger charge is 2.17. The zero-order chi connectivity index (χ0) is 21.6. The molecule has 0 saturated heterocycles. The molecule has 3 N–H and O–H groups in total. The van der Waals surface area contributed by atoms with Gasteiger partial charge in [-0.15, -0.1) is 0 Å². The molecular formula is C19H20IN3O5S. The zero-order valence-electron chi connectivity index (χ0n) is 16.2. The lowest BCUT2D eigenvalue weighted by Gasteiger charge is -2.15. The van der Waals surface area contributed by atoms with E-state index in [1.165, 1.54) is 33.5 Å². The van der Waals surface area contributed by atoms with Crippen LogP contribution in [-0.2, 0) is 0 Å². The van der Waals surface area contributed by atoms with Gasteiger partial charge in [-0.1, -0.05) is 6.07 Å². The predicted octanol–water partition coefficient (Wildman–Crippen LogP) is 2.57. The molecule has 0 bridgehead atoms. The van der Waals surface area contributed by atoms with Gasteiger partial charge in [0.05, 0.1) is 21.3 Å². The number of hydrogen-bond donors (Lipinski definition) is 3. The Kier molecular flexibility index (Phi) is 8.02. The molecule has 0 aliphatic rings. The Morgan fingerprint density at radius 2 is 1.52 bits per heavy atom. The van der Waals surface area contributed by atoms with Crippen molar-refractivity contribution in [1.82, 2.24) is 16.2 Å². The number of thiocarbonyl (C=S) groups is 1. The SMILES string of the molecule is COc1cc(C(=O)NNC(=S)NC(=O)c2ccc(C)c(I)c2)cc(OC)c1OC. The van der Waals surface area contributed by atoms with Crippen molar-refractivity contribution < 1.29 is 23.8 Å². The van der Waals surface area contributed by atoms with E-state index in [-0.39, 0.29) is 16.6 Å². The van der Waals surface area contributed by atoms with E-state index < -0.39 is 5.91 Å². The molecule has 0 radical (unpaired) electrons. The maximum Gasteiger partial charge on any atom is 0.269 e. The molecule has 0 fully saturated rings. The number of benzene rings is 2. The van der Waals surface area contributed by atoms with E-state index in [1.807, 2.05) is 13.0 Å². The molecule has 0 aromatic heterocycles. The van der Waals surface area contributed by atoms with Crippen molar-refractivity contribution in [2.75, 3.05) is 21.3 Å². The van der Waals surface area contributed by atoms with E-state index in [4.69, 9.17) is 26.4 Å². The molecule has 2 aromatic rings. The molecule has 0 atom stereocenters. The van der Waals surface area contributed by atoms with Crippen LogP contribution in [0.25, 0.3) is 0 Å². The molecule has 2 amide bonds. The topological polar surface area (TPSA) is 97.9 Å². The number of carbonyl (C=O) groups is 2. The van der Waals surface area contributed by atoms with Crippen molar-refractivity contribution >= 4 is 51.7 Å². The number of methoxy groups -OCH3 is 3. The van der Waals surface area contributed by atoms with Crippen molar-refractivity contribution in [2.24, 2.45) is 0 Å². The lowest BCUT2D eigenvalue weighted by Crippen LogP contribution is -2.48. The van der Waals surface area contributed by atoms with Crippen LogP contribution in [0.2, 0.25) is 0 Å². The van der Waals surface area contributed by atoms with Gasteiger partial charge in [0, 0.05) is 14.7 Å². The number of amides is 2. The Hall–Kier alpha value is -2.60. The number of rotatable bonds is 5. The summed E-state index contributed by atoms with van der Waals surface area (Å²) in [7, 11) is 4.38. The quantitative estimate of drug-likeness (QED) is 0.311. The van der Waals surface area contributed by atoms with Gasteiger partial charge in [0.2, 0.25) is 5.75 Å². The smallest absolute Gasteiger partial charge is 0.269 e. The summed E-state index contributed by atoms with van der Waals surface area (Å²) in [5.41, 5.74) is 6.69. The van der Waals surface area contributed by atoms with Crippen molar-refractivity contribution in [2.45, 2.75) is 6.92 Å². The molecule has 0 heterocycles. The van der Waals surface area contributed by atoms with Gasteiger partial charge < -0.3 is 14.2 Å². The van der Waals surface area contributed by atoms with Gasteiger partial charge >= 0.3 is 0 Å². The fourth-order valence-electron chi connectivity index (χ4n) is 2.34. The lowest BCUT2D eigenvalue weighted by molar-refractivity contribution is 0.0934. The van der Waals surface area contributed by atoms with Crippen LogP contribution in [0, 0.1) is 10.5 Å². The summed E-state index contributed by atoms with van der Waals surface area (Å²) in [5, 5.41) is 2.46. The maximum atomic E-state index is 12.4. The molecule has 2 aromatic carbocycles. The summed E-state index contributed by atoms with van der Waals surface area (Å²) in [6, 6.07) is 8.29. The molecule has 154 valence electrons. The number of carbonyl (C=O) groups excluding carboxylic acids is 2. The molecule has 0 aliphatic carbocycles. The van der Waals surface area contributed by atoms with Crippen molar-refractivity contribution in [3.8, 4) is 17.2 Å². The molecule has 0 unspecified atom stereocenters. The van der Waals surface area contributed by atoms with Crippen molar-refractivity contribution in [3.63, 3.8) is 0 Å². The first-order valence-electron chi connectivity index (χ1n) is 8.28. The standard InChI is InChI=1S/C19H20IN3O5S/c1-10-5-6-11(7-13(10)20)17(24)21-19(29)23-22-18(25)12-8-14(26-2)16(28-4)15(9-12)27-3/h5-9H,1-4H3,(H,22,25)(H2,21,23,24,29). The zero-order valence-corrected chi connectivity index (χ0v) is 19.2. The second kappa shape index (κ2) is 10.3. The molecule has 2 rings (SSSR count). The minimum absolute atomic E-state index is 0.0497. The number of aryl methyl sites for hydroxylation is 1. The largest absolute Gasteiger partial charge is 0.493 e. The second-order valence-electron chi connectivity index (χ2n) is 5.74. The van der Waals surface area contributed by atoms with Crippen LogP contribution in [0.3, 0.4) is 0 Å². The number of hydrogen-bond acceptors (Lipinski definition) is 6. The third-order valence-electron chi connectivity index (χ3n) is 3.88. The van der Waals surface area contributed by atoms with Crippen LogP contribution >= 0.6 is 34.8 Å². The third kappa shape index (κ3) is 5.70. The second-order valence-corrected chi connectivity index (χ2v) is 7.31. The van der Waals surface area contributed by atoms with Crippen LogP contribution in [0.5, 0.6) is 17.2 Å². The number of ether oxygens (including phenoxy) is 3. The monoisotopic (exact) mass is 529 g/mol.